The fraction of sp³-hybridized carbons (Fsp3) is 0.839. The minimum absolute atomic E-state index is 0.127. The predicted octanol–water partition coefficient (Wildman–Crippen LogP) is 1.80. The molecule has 1 aliphatic heterocycles. The topological polar surface area (TPSA) is 185 Å². The molecule has 3 aliphatic carbocycles. The smallest absolute Gasteiger partial charge is 0.315 e. The molecule has 3 saturated carbocycles. The van der Waals surface area contributed by atoms with Gasteiger partial charge < -0.3 is 26.6 Å². The van der Waals surface area contributed by atoms with Gasteiger partial charge in [0.25, 0.3) is 5.91 Å². The van der Waals surface area contributed by atoms with Crippen LogP contribution in [0.1, 0.15) is 98.3 Å². The number of rotatable bonds is 12. The van der Waals surface area contributed by atoms with Crippen molar-refractivity contribution in [3.8, 4) is 0 Å². The highest BCUT2D eigenvalue weighted by atomic mass is 32.2. The van der Waals surface area contributed by atoms with Gasteiger partial charge in [-0.2, -0.15) is 0 Å². The van der Waals surface area contributed by atoms with Crippen LogP contribution in [0.2, 0.25) is 0 Å². The van der Waals surface area contributed by atoms with Crippen molar-refractivity contribution in [2.75, 3.05) is 18.6 Å². The molecule has 0 aromatic heterocycles. The van der Waals surface area contributed by atoms with Crippen molar-refractivity contribution in [3.63, 3.8) is 0 Å². The predicted molar refractivity (Wildman–Crippen MR) is 165 cm³/mol. The van der Waals surface area contributed by atoms with Gasteiger partial charge in [0.15, 0.2) is 0 Å². The standard InChI is InChI=1S/C31H51N5O7S/c1-29(2,3)24(34-28(41)35-31(18-44(5,42)43)12-7-6-8-13-31)27(40)36-16-11-20(30(4)14-15-30)22(36)26(39)33-21(17-19-9-10-19)23(37)25(32)38/h19-22,24H,6-18H2,1-5H3,(H2,32,38)(H,33,39)(H2,34,35,41)/t20?,21?,22?,24-/m1/s1. The van der Waals surface area contributed by atoms with Crippen molar-refractivity contribution >= 4 is 39.4 Å². The van der Waals surface area contributed by atoms with Crippen molar-refractivity contribution in [2.45, 2.75) is 122 Å². The number of likely N-dealkylation sites (tertiary alicyclic amines) is 1. The Morgan fingerprint density at radius 1 is 0.955 bits per heavy atom. The lowest BCUT2D eigenvalue weighted by Crippen LogP contribution is -2.63. The highest BCUT2D eigenvalue weighted by Gasteiger charge is 2.56. The van der Waals surface area contributed by atoms with Crippen LogP contribution >= 0.6 is 0 Å². The summed E-state index contributed by atoms with van der Waals surface area (Å²) >= 11 is 0. The Bertz CT molecular complexity index is 1260. The molecule has 1 heterocycles. The van der Waals surface area contributed by atoms with Crippen LogP contribution in [0.15, 0.2) is 0 Å². The van der Waals surface area contributed by atoms with Crippen LogP contribution in [-0.4, -0.2) is 85.1 Å². The van der Waals surface area contributed by atoms with Gasteiger partial charge in [-0.3, -0.25) is 19.2 Å². The molecule has 4 atom stereocenters. The van der Waals surface area contributed by atoms with E-state index in [9.17, 15) is 32.4 Å². The third kappa shape index (κ3) is 8.31. The van der Waals surface area contributed by atoms with Gasteiger partial charge in [-0.25, -0.2) is 13.2 Å². The Labute approximate surface area is 261 Å². The number of ketones is 1. The minimum Gasteiger partial charge on any atom is -0.363 e. The average molecular weight is 638 g/mol. The maximum atomic E-state index is 14.3. The summed E-state index contributed by atoms with van der Waals surface area (Å²) in [5.41, 5.74) is 3.52. The van der Waals surface area contributed by atoms with Crippen LogP contribution in [0.3, 0.4) is 0 Å². The Balaban J connectivity index is 1.56. The Morgan fingerprint density at radius 2 is 1.57 bits per heavy atom. The number of nitrogens with two attached hydrogens (primary N) is 1. The summed E-state index contributed by atoms with van der Waals surface area (Å²) in [7, 11) is -3.39. The van der Waals surface area contributed by atoms with Crippen LogP contribution in [0.4, 0.5) is 4.79 Å². The second-order valence-electron chi connectivity index (χ2n) is 15.3. The SMILES string of the molecule is CC1(C2CCN(C(=O)[C@@H](NC(=O)NC3(CS(C)(=O)=O)CCCCC3)C(C)(C)C)C2C(=O)NC(CC2CC2)C(=O)C(N)=O)CC1. The molecule has 4 fully saturated rings. The molecule has 3 unspecified atom stereocenters. The van der Waals surface area contributed by atoms with Crippen LogP contribution in [0.25, 0.3) is 0 Å². The molecule has 4 aliphatic rings. The number of primary amides is 1. The molecule has 0 aromatic rings. The van der Waals surface area contributed by atoms with E-state index < -0.39 is 68.5 Å². The van der Waals surface area contributed by atoms with Gasteiger partial charge in [0, 0.05) is 12.8 Å². The van der Waals surface area contributed by atoms with E-state index in [1.807, 2.05) is 20.8 Å². The van der Waals surface area contributed by atoms with Crippen molar-refractivity contribution in [1.82, 2.24) is 20.9 Å². The number of hydrogen-bond acceptors (Lipinski definition) is 7. The summed E-state index contributed by atoms with van der Waals surface area (Å²) in [6.07, 6.45) is 9.36. The van der Waals surface area contributed by atoms with Gasteiger partial charge in [0.2, 0.25) is 17.6 Å². The molecule has 4 rings (SSSR count). The van der Waals surface area contributed by atoms with Crippen molar-refractivity contribution in [1.29, 1.82) is 0 Å². The maximum Gasteiger partial charge on any atom is 0.315 e. The van der Waals surface area contributed by atoms with E-state index in [1.165, 1.54) is 4.90 Å². The lowest BCUT2D eigenvalue weighted by atomic mass is 9.82. The van der Waals surface area contributed by atoms with Crippen molar-refractivity contribution in [2.24, 2.45) is 28.4 Å². The van der Waals surface area contributed by atoms with Gasteiger partial charge in [-0.15, -0.1) is 0 Å². The summed E-state index contributed by atoms with van der Waals surface area (Å²) < 4.78 is 24.5. The molecular weight excluding hydrogens is 586 g/mol. The molecule has 0 bridgehead atoms. The molecule has 0 radical (unpaired) electrons. The van der Waals surface area contributed by atoms with Gasteiger partial charge in [-0.1, -0.05) is 59.8 Å². The first-order valence-corrected chi connectivity index (χ1v) is 18.1. The lowest BCUT2D eigenvalue weighted by molar-refractivity contribution is -0.144. The molecule has 13 heteroatoms. The fourth-order valence-electron chi connectivity index (χ4n) is 7.27. The number of nitrogens with zero attached hydrogens (tertiary/aromatic N) is 1. The lowest BCUT2D eigenvalue weighted by Gasteiger charge is -2.40. The first-order chi connectivity index (χ1) is 20.3. The number of Topliss-reactive ketones (excluding diaryl/α,β-unsaturated/α-hetero) is 1. The number of amides is 5. The Hall–Kier alpha value is -2.70. The molecule has 5 amide bonds. The maximum absolute atomic E-state index is 14.3. The number of nitrogens with one attached hydrogen (secondary N) is 3. The monoisotopic (exact) mass is 637 g/mol. The quantitative estimate of drug-likeness (QED) is 0.235. The van der Waals surface area contributed by atoms with E-state index in [1.54, 1.807) is 0 Å². The third-order valence-corrected chi connectivity index (χ3v) is 11.2. The number of sulfone groups is 1. The first-order valence-electron chi connectivity index (χ1n) is 16.1. The number of carbonyl (C=O) groups is 5. The Morgan fingerprint density at radius 3 is 2.07 bits per heavy atom. The summed E-state index contributed by atoms with van der Waals surface area (Å²) in [5.74, 6) is -2.93. The van der Waals surface area contributed by atoms with E-state index >= 15 is 0 Å². The highest BCUT2D eigenvalue weighted by molar-refractivity contribution is 7.90. The second kappa shape index (κ2) is 12.6. The average Bonchev–Trinajstić information content (AvgIpc) is 3.82. The molecule has 44 heavy (non-hydrogen) atoms. The van der Waals surface area contributed by atoms with Crippen LogP contribution < -0.4 is 21.7 Å². The molecule has 1 saturated heterocycles. The fourth-order valence-corrected chi connectivity index (χ4v) is 8.63. The number of hydrogen-bond donors (Lipinski definition) is 4. The zero-order chi connectivity index (χ0) is 32.7. The number of carbonyl (C=O) groups excluding carboxylic acids is 5. The highest BCUT2D eigenvalue weighted by Crippen LogP contribution is 2.56. The summed E-state index contributed by atoms with van der Waals surface area (Å²) in [6, 6.07) is -3.55. The first kappa shape index (κ1) is 34.2. The summed E-state index contributed by atoms with van der Waals surface area (Å²) in [4.78, 5) is 67.7. The zero-order valence-electron chi connectivity index (χ0n) is 26.9. The van der Waals surface area contributed by atoms with Gasteiger partial charge in [0.05, 0.1) is 17.3 Å². The molecule has 0 aromatic carbocycles. The molecule has 0 spiro atoms. The van der Waals surface area contributed by atoms with Gasteiger partial charge in [0.1, 0.15) is 21.9 Å². The normalized spacial score (nSPS) is 25.8. The van der Waals surface area contributed by atoms with E-state index in [2.05, 4.69) is 22.9 Å². The van der Waals surface area contributed by atoms with Crippen LogP contribution in [-0.2, 0) is 29.0 Å². The third-order valence-electron chi connectivity index (χ3n) is 10.1. The summed E-state index contributed by atoms with van der Waals surface area (Å²) in [5, 5.41) is 8.56. The van der Waals surface area contributed by atoms with Crippen LogP contribution in [0, 0.1) is 22.7 Å². The Kier molecular flexibility index (Phi) is 9.78. The largest absolute Gasteiger partial charge is 0.363 e. The van der Waals surface area contributed by atoms with E-state index in [4.69, 9.17) is 5.73 Å². The van der Waals surface area contributed by atoms with E-state index in [0.717, 1.165) is 51.2 Å². The van der Waals surface area contributed by atoms with Crippen molar-refractivity contribution in [3.05, 3.63) is 0 Å². The van der Waals surface area contributed by atoms with Crippen LogP contribution in [0.5, 0.6) is 0 Å². The minimum atomic E-state index is -3.39. The van der Waals surface area contributed by atoms with Crippen molar-refractivity contribution < 1.29 is 32.4 Å². The molecular formula is C31H51N5O7S. The van der Waals surface area contributed by atoms with Gasteiger partial charge in [-0.05, 0) is 61.2 Å². The molecule has 12 nitrogen and oxygen atoms in total. The summed E-state index contributed by atoms with van der Waals surface area (Å²) in [6.45, 7) is 7.88. The van der Waals surface area contributed by atoms with E-state index in [-0.39, 0.29) is 23.0 Å². The number of urea groups is 1. The van der Waals surface area contributed by atoms with E-state index in [0.29, 0.717) is 32.2 Å². The molecule has 5 N–H and O–H groups in total. The van der Waals surface area contributed by atoms with Gasteiger partial charge >= 0.3 is 6.03 Å². The zero-order valence-corrected chi connectivity index (χ0v) is 27.7. The second-order valence-corrected chi connectivity index (χ2v) is 17.4. The molecule has 248 valence electrons.